The molecular formula is C23H25N5O3S. The number of anilines is 2. The third kappa shape index (κ3) is 4.63. The monoisotopic (exact) mass is 451 g/mol. The first-order chi connectivity index (χ1) is 15.3. The van der Waals surface area contributed by atoms with E-state index in [2.05, 4.69) is 20.4 Å². The van der Waals surface area contributed by atoms with Crippen LogP contribution in [-0.2, 0) is 10.0 Å². The highest BCUT2D eigenvalue weighted by molar-refractivity contribution is 7.89. The summed E-state index contributed by atoms with van der Waals surface area (Å²) < 4.78 is 25.5. The van der Waals surface area contributed by atoms with E-state index >= 15 is 0 Å². The van der Waals surface area contributed by atoms with Gasteiger partial charge in [-0.05, 0) is 61.4 Å². The lowest BCUT2D eigenvalue weighted by Gasteiger charge is -2.15. The van der Waals surface area contributed by atoms with E-state index in [-0.39, 0.29) is 10.8 Å². The van der Waals surface area contributed by atoms with Gasteiger partial charge in [0.25, 0.3) is 5.91 Å². The summed E-state index contributed by atoms with van der Waals surface area (Å²) in [7, 11) is -0.606. The maximum Gasteiger partial charge on any atom is 0.255 e. The molecule has 8 nitrogen and oxygen atoms in total. The van der Waals surface area contributed by atoms with E-state index in [4.69, 9.17) is 0 Å². The molecule has 1 aliphatic rings. The van der Waals surface area contributed by atoms with Gasteiger partial charge < -0.3 is 10.2 Å². The van der Waals surface area contributed by atoms with Crippen molar-refractivity contribution in [2.24, 2.45) is 0 Å². The zero-order valence-corrected chi connectivity index (χ0v) is 18.8. The number of rotatable bonds is 6. The van der Waals surface area contributed by atoms with Crippen LogP contribution in [0, 0.1) is 0 Å². The molecule has 1 saturated heterocycles. The summed E-state index contributed by atoms with van der Waals surface area (Å²) in [6.07, 6.45) is 2.36. The van der Waals surface area contributed by atoms with Crippen molar-refractivity contribution >= 4 is 27.4 Å². The van der Waals surface area contributed by atoms with Crippen LogP contribution in [-0.4, -0.2) is 56.0 Å². The third-order valence-corrected chi connectivity index (χ3v) is 7.22. The molecule has 3 aromatic rings. The molecule has 1 fully saturated rings. The van der Waals surface area contributed by atoms with Crippen LogP contribution in [0.4, 0.5) is 11.5 Å². The van der Waals surface area contributed by atoms with Crippen LogP contribution in [0.15, 0.2) is 65.6 Å². The Morgan fingerprint density at radius 1 is 0.969 bits per heavy atom. The van der Waals surface area contributed by atoms with E-state index < -0.39 is 10.0 Å². The van der Waals surface area contributed by atoms with Gasteiger partial charge >= 0.3 is 0 Å². The highest BCUT2D eigenvalue weighted by Gasteiger charge is 2.18. The van der Waals surface area contributed by atoms with Crippen molar-refractivity contribution in [2.75, 3.05) is 37.4 Å². The average molecular weight is 452 g/mol. The lowest BCUT2D eigenvalue weighted by Crippen LogP contribution is -2.22. The number of sulfonamides is 1. The van der Waals surface area contributed by atoms with Crippen molar-refractivity contribution in [3.8, 4) is 11.3 Å². The zero-order chi connectivity index (χ0) is 22.7. The number of amides is 1. The van der Waals surface area contributed by atoms with Crippen molar-refractivity contribution in [1.29, 1.82) is 0 Å². The summed E-state index contributed by atoms with van der Waals surface area (Å²) in [6, 6.07) is 17.1. The van der Waals surface area contributed by atoms with Crippen LogP contribution in [0.25, 0.3) is 11.3 Å². The molecule has 1 aliphatic heterocycles. The van der Waals surface area contributed by atoms with E-state index in [1.165, 1.54) is 51.2 Å². The first-order valence-corrected chi connectivity index (χ1v) is 11.8. The largest absolute Gasteiger partial charge is 0.355 e. The van der Waals surface area contributed by atoms with Gasteiger partial charge in [0.15, 0.2) is 5.82 Å². The second kappa shape index (κ2) is 9.05. The molecule has 1 amide bonds. The van der Waals surface area contributed by atoms with Gasteiger partial charge in [-0.3, -0.25) is 4.79 Å². The molecule has 0 unspecified atom stereocenters. The predicted octanol–water partition coefficient (Wildman–Crippen LogP) is 3.25. The Kier molecular flexibility index (Phi) is 6.20. The van der Waals surface area contributed by atoms with Gasteiger partial charge in [0, 0.05) is 44.0 Å². The number of nitrogens with zero attached hydrogens (tertiary/aromatic N) is 4. The highest BCUT2D eigenvalue weighted by Crippen LogP contribution is 2.24. The molecule has 2 heterocycles. The molecule has 0 atom stereocenters. The Morgan fingerprint density at radius 2 is 1.69 bits per heavy atom. The number of benzene rings is 2. The quantitative estimate of drug-likeness (QED) is 0.618. The number of hydrogen-bond acceptors (Lipinski definition) is 6. The molecule has 0 radical (unpaired) electrons. The van der Waals surface area contributed by atoms with Gasteiger partial charge in [-0.1, -0.05) is 12.1 Å². The van der Waals surface area contributed by atoms with E-state index in [0.717, 1.165) is 34.5 Å². The first kappa shape index (κ1) is 21.9. The van der Waals surface area contributed by atoms with E-state index in [1.807, 2.05) is 30.3 Å². The molecule has 0 bridgehead atoms. The van der Waals surface area contributed by atoms with Crippen LogP contribution in [0.5, 0.6) is 0 Å². The number of carbonyl (C=O) groups is 1. The normalized spacial score (nSPS) is 14.0. The summed E-state index contributed by atoms with van der Waals surface area (Å²) >= 11 is 0. The van der Waals surface area contributed by atoms with Crippen LogP contribution < -0.4 is 10.2 Å². The van der Waals surface area contributed by atoms with Crippen molar-refractivity contribution in [3.63, 3.8) is 0 Å². The number of nitrogens with one attached hydrogen (secondary N) is 1. The molecule has 1 aromatic heterocycles. The Balaban J connectivity index is 1.47. The topological polar surface area (TPSA) is 95.5 Å². The van der Waals surface area contributed by atoms with Gasteiger partial charge in [-0.2, -0.15) is 0 Å². The minimum Gasteiger partial charge on any atom is -0.355 e. The molecule has 32 heavy (non-hydrogen) atoms. The smallest absolute Gasteiger partial charge is 0.255 e. The van der Waals surface area contributed by atoms with Gasteiger partial charge in [-0.15, -0.1) is 10.2 Å². The average Bonchev–Trinajstić information content (AvgIpc) is 3.34. The van der Waals surface area contributed by atoms with Gasteiger partial charge in [-0.25, -0.2) is 12.7 Å². The lowest BCUT2D eigenvalue weighted by molar-refractivity contribution is 0.102. The fourth-order valence-electron chi connectivity index (χ4n) is 3.54. The van der Waals surface area contributed by atoms with Crippen LogP contribution in [0.1, 0.15) is 23.2 Å². The van der Waals surface area contributed by atoms with Gasteiger partial charge in [0.1, 0.15) is 0 Å². The summed E-state index contributed by atoms with van der Waals surface area (Å²) in [5, 5.41) is 11.6. The van der Waals surface area contributed by atoms with Gasteiger partial charge in [0.05, 0.1) is 10.6 Å². The molecule has 9 heteroatoms. The number of hydrogen-bond donors (Lipinski definition) is 1. The number of aromatic nitrogens is 2. The highest BCUT2D eigenvalue weighted by atomic mass is 32.2. The predicted molar refractivity (Wildman–Crippen MR) is 124 cm³/mol. The third-order valence-electron chi connectivity index (χ3n) is 5.39. The van der Waals surface area contributed by atoms with Gasteiger partial charge in [0.2, 0.25) is 10.0 Å². The lowest BCUT2D eigenvalue weighted by atomic mass is 10.1. The molecule has 1 N–H and O–H groups in total. The molecule has 0 spiro atoms. The molecule has 166 valence electrons. The minimum absolute atomic E-state index is 0.136. The Hall–Kier alpha value is -3.30. The van der Waals surface area contributed by atoms with Crippen molar-refractivity contribution in [3.05, 3.63) is 66.2 Å². The van der Waals surface area contributed by atoms with E-state index in [0.29, 0.717) is 11.3 Å². The molecular weight excluding hydrogens is 426 g/mol. The fraction of sp³-hybridized carbons (Fsp3) is 0.261. The summed E-state index contributed by atoms with van der Waals surface area (Å²) in [5.74, 6) is 0.557. The Labute approximate surface area is 187 Å². The molecule has 2 aromatic carbocycles. The summed E-state index contributed by atoms with van der Waals surface area (Å²) in [6.45, 7) is 2.02. The zero-order valence-electron chi connectivity index (χ0n) is 18.0. The first-order valence-electron chi connectivity index (χ1n) is 10.4. The minimum atomic E-state index is -3.54. The maximum absolute atomic E-state index is 12.6. The fourth-order valence-corrected chi connectivity index (χ4v) is 4.44. The van der Waals surface area contributed by atoms with Crippen molar-refractivity contribution in [1.82, 2.24) is 14.5 Å². The second-order valence-electron chi connectivity index (χ2n) is 7.82. The van der Waals surface area contributed by atoms with Crippen LogP contribution in [0.3, 0.4) is 0 Å². The van der Waals surface area contributed by atoms with Crippen molar-refractivity contribution in [2.45, 2.75) is 17.7 Å². The standard InChI is InChI=1S/C23H25N5O3S/c1-27(2)32(30,31)20-10-8-17(9-11-20)23(29)24-19-7-5-6-18(16-19)21-12-13-22(26-25-21)28-14-3-4-15-28/h5-13,16H,3-4,14-15H2,1-2H3,(H,24,29). The Bertz CT molecular complexity index is 1200. The van der Waals surface area contributed by atoms with E-state index in [9.17, 15) is 13.2 Å². The summed E-state index contributed by atoms with van der Waals surface area (Å²) in [4.78, 5) is 15.0. The van der Waals surface area contributed by atoms with E-state index in [1.54, 1.807) is 6.07 Å². The molecule has 4 rings (SSSR count). The molecule has 0 saturated carbocycles. The SMILES string of the molecule is CN(C)S(=O)(=O)c1ccc(C(=O)Nc2cccc(-c3ccc(N4CCCC4)nn3)c2)cc1. The maximum atomic E-state index is 12.6. The van der Waals surface area contributed by atoms with Crippen LogP contribution >= 0.6 is 0 Å². The van der Waals surface area contributed by atoms with Crippen LogP contribution in [0.2, 0.25) is 0 Å². The number of carbonyl (C=O) groups excluding carboxylic acids is 1. The Morgan fingerprint density at radius 3 is 2.31 bits per heavy atom. The second-order valence-corrected chi connectivity index (χ2v) is 9.97. The summed E-state index contributed by atoms with van der Waals surface area (Å²) in [5.41, 5.74) is 2.55. The van der Waals surface area contributed by atoms with Crippen molar-refractivity contribution < 1.29 is 13.2 Å². The molecule has 0 aliphatic carbocycles.